The van der Waals surface area contributed by atoms with Gasteiger partial charge in [-0.15, -0.1) is 5.10 Å². The van der Waals surface area contributed by atoms with E-state index in [1.54, 1.807) is 0 Å². The summed E-state index contributed by atoms with van der Waals surface area (Å²) in [6, 6.07) is 0.297. The summed E-state index contributed by atoms with van der Waals surface area (Å²) >= 11 is 0. The molecule has 0 radical (unpaired) electrons. The van der Waals surface area contributed by atoms with Crippen LogP contribution in [0.25, 0.3) is 0 Å². The second-order valence-corrected chi connectivity index (χ2v) is 4.73. The van der Waals surface area contributed by atoms with E-state index in [-0.39, 0.29) is 11.6 Å². The lowest BCUT2D eigenvalue weighted by molar-refractivity contribution is 0.0610. The number of ether oxygens (including phenoxy) is 1. The second-order valence-electron chi connectivity index (χ2n) is 4.73. The lowest BCUT2D eigenvalue weighted by Gasteiger charge is -2.40. The van der Waals surface area contributed by atoms with E-state index in [2.05, 4.69) is 28.9 Å². The fraction of sp³-hybridized carbons (Fsp3) is 0.800. The van der Waals surface area contributed by atoms with E-state index in [0.29, 0.717) is 25.1 Å². The zero-order chi connectivity index (χ0) is 11.8. The summed E-state index contributed by atoms with van der Waals surface area (Å²) in [5.41, 5.74) is 5.56. The number of morpholine rings is 1. The van der Waals surface area contributed by atoms with E-state index in [9.17, 15) is 0 Å². The zero-order valence-electron chi connectivity index (χ0n) is 9.93. The molecule has 6 heteroatoms. The molecule has 1 atom stereocenters. The number of anilines is 1. The molecule has 16 heavy (non-hydrogen) atoms. The number of rotatable bonds is 2. The maximum absolute atomic E-state index is 5.68. The van der Waals surface area contributed by atoms with Crippen molar-refractivity contribution in [2.45, 2.75) is 32.4 Å². The van der Waals surface area contributed by atoms with Gasteiger partial charge in [0, 0.05) is 6.54 Å². The molecule has 1 aliphatic rings. The number of aromatic nitrogens is 2. The number of hydrogen-bond acceptors (Lipinski definition) is 6. The second kappa shape index (κ2) is 4.03. The van der Waals surface area contributed by atoms with Gasteiger partial charge in [0.05, 0.1) is 24.8 Å². The molecule has 1 aliphatic heterocycles. The van der Waals surface area contributed by atoms with Gasteiger partial charge in [0.2, 0.25) is 5.89 Å². The SMILES string of the molecule is CC(N)c1nnc(N2CCOCC2(C)C)o1. The van der Waals surface area contributed by atoms with Crippen molar-refractivity contribution in [3.63, 3.8) is 0 Å². The monoisotopic (exact) mass is 226 g/mol. The van der Waals surface area contributed by atoms with Crippen molar-refractivity contribution in [3.05, 3.63) is 5.89 Å². The Morgan fingerprint density at radius 3 is 2.75 bits per heavy atom. The Morgan fingerprint density at radius 1 is 1.44 bits per heavy atom. The largest absolute Gasteiger partial charge is 0.406 e. The minimum atomic E-state index is -0.231. The first-order valence-electron chi connectivity index (χ1n) is 5.45. The average molecular weight is 226 g/mol. The van der Waals surface area contributed by atoms with Crippen LogP contribution in [-0.2, 0) is 4.74 Å². The standard InChI is InChI=1S/C10H18N4O2/c1-7(11)8-12-13-9(16-8)14-4-5-15-6-10(14,2)3/h7H,4-6,11H2,1-3H3. The number of hydrogen-bond donors (Lipinski definition) is 1. The summed E-state index contributed by atoms with van der Waals surface area (Å²) in [5.74, 6) is 0.470. The highest BCUT2D eigenvalue weighted by Gasteiger charge is 2.34. The summed E-state index contributed by atoms with van der Waals surface area (Å²) in [6.07, 6.45) is 0. The quantitative estimate of drug-likeness (QED) is 0.800. The third-order valence-corrected chi connectivity index (χ3v) is 2.70. The predicted octanol–water partition coefficient (Wildman–Crippen LogP) is 0.704. The molecule has 1 aromatic heterocycles. The van der Waals surface area contributed by atoms with Gasteiger partial charge in [-0.25, -0.2) is 0 Å². The lowest BCUT2D eigenvalue weighted by Crippen LogP contribution is -2.53. The first kappa shape index (κ1) is 11.3. The normalized spacial score (nSPS) is 22.1. The molecule has 2 N–H and O–H groups in total. The van der Waals surface area contributed by atoms with E-state index in [0.717, 1.165) is 6.54 Å². The van der Waals surface area contributed by atoms with Crippen LogP contribution in [0.4, 0.5) is 6.01 Å². The number of nitrogens with zero attached hydrogens (tertiary/aromatic N) is 3. The molecule has 0 spiro atoms. The fourth-order valence-corrected chi connectivity index (χ4v) is 1.73. The van der Waals surface area contributed by atoms with Gasteiger partial charge in [-0.05, 0) is 20.8 Å². The van der Waals surface area contributed by atoms with Gasteiger partial charge >= 0.3 is 6.01 Å². The molecule has 0 aliphatic carbocycles. The van der Waals surface area contributed by atoms with Crippen molar-refractivity contribution in [2.24, 2.45) is 5.73 Å². The third kappa shape index (κ3) is 2.03. The van der Waals surface area contributed by atoms with Crippen molar-refractivity contribution in [3.8, 4) is 0 Å². The molecule has 6 nitrogen and oxygen atoms in total. The van der Waals surface area contributed by atoms with Crippen LogP contribution in [0.2, 0.25) is 0 Å². The summed E-state index contributed by atoms with van der Waals surface area (Å²) in [6.45, 7) is 8.08. The van der Waals surface area contributed by atoms with Crippen LogP contribution in [-0.4, -0.2) is 35.5 Å². The number of nitrogens with two attached hydrogens (primary N) is 1. The Balaban J connectivity index is 2.21. The highest BCUT2D eigenvalue weighted by Crippen LogP contribution is 2.26. The van der Waals surface area contributed by atoms with Crippen LogP contribution in [0.1, 0.15) is 32.7 Å². The molecule has 2 rings (SSSR count). The highest BCUT2D eigenvalue weighted by atomic mass is 16.5. The topological polar surface area (TPSA) is 77.4 Å². The first-order chi connectivity index (χ1) is 7.50. The maximum atomic E-state index is 5.68. The predicted molar refractivity (Wildman–Crippen MR) is 59.1 cm³/mol. The summed E-state index contributed by atoms with van der Waals surface area (Å²) < 4.78 is 11.0. The molecular formula is C10H18N4O2. The van der Waals surface area contributed by atoms with Gasteiger partial charge in [-0.1, -0.05) is 5.10 Å². The van der Waals surface area contributed by atoms with Crippen molar-refractivity contribution in [1.29, 1.82) is 0 Å². The van der Waals surface area contributed by atoms with Crippen LogP contribution in [0.15, 0.2) is 4.42 Å². The van der Waals surface area contributed by atoms with Crippen LogP contribution in [0.3, 0.4) is 0 Å². The van der Waals surface area contributed by atoms with Gasteiger partial charge < -0.3 is 19.8 Å². The molecule has 0 amide bonds. The van der Waals surface area contributed by atoms with Gasteiger partial charge in [-0.3, -0.25) is 0 Å². The molecule has 1 saturated heterocycles. The van der Waals surface area contributed by atoms with Gasteiger partial charge in [0.15, 0.2) is 0 Å². The van der Waals surface area contributed by atoms with Crippen LogP contribution >= 0.6 is 0 Å². The molecule has 1 aromatic rings. The van der Waals surface area contributed by atoms with Crippen molar-refractivity contribution in [1.82, 2.24) is 10.2 Å². The zero-order valence-corrected chi connectivity index (χ0v) is 9.93. The van der Waals surface area contributed by atoms with Gasteiger partial charge in [-0.2, -0.15) is 0 Å². The van der Waals surface area contributed by atoms with Crippen LogP contribution in [0.5, 0.6) is 0 Å². The Bertz CT molecular complexity index is 361. The van der Waals surface area contributed by atoms with Crippen molar-refractivity contribution >= 4 is 6.01 Å². The van der Waals surface area contributed by atoms with Crippen molar-refractivity contribution < 1.29 is 9.15 Å². The minimum Gasteiger partial charge on any atom is -0.406 e. The first-order valence-corrected chi connectivity index (χ1v) is 5.45. The highest BCUT2D eigenvalue weighted by molar-refractivity contribution is 5.30. The molecule has 90 valence electrons. The Kier molecular flexibility index (Phi) is 2.86. The summed E-state index contributed by atoms with van der Waals surface area (Å²) in [7, 11) is 0. The van der Waals surface area contributed by atoms with E-state index >= 15 is 0 Å². The summed E-state index contributed by atoms with van der Waals surface area (Å²) in [4.78, 5) is 2.06. The van der Waals surface area contributed by atoms with E-state index in [1.165, 1.54) is 0 Å². The molecule has 0 saturated carbocycles. The van der Waals surface area contributed by atoms with E-state index < -0.39 is 0 Å². The van der Waals surface area contributed by atoms with Gasteiger partial charge in [0.1, 0.15) is 0 Å². The lowest BCUT2D eigenvalue weighted by atomic mass is 10.0. The average Bonchev–Trinajstić information content (AvgIpc) is 2.65. The molecule has 0 aromatic carbocycles. The Hall–Kier alpha value is -1.14. The molecule has 0 bridgehead atoms. The maximum Gasteiger partial charge on any atom is 0.318 e. The van der Waals surface area contributed by atoms with E-state index in [4.69, 9.17) is 14.9 Å². The van der Waals surface area contributed by atoms with Crippen LogP contribution < -0.4 is 10.6 Å². The van der Waals surface area contributed by atoms with E-state index in [1.807, 2.05) is 6.92 Å². The smallest absolute Gasteiger partial charge is 0.318 e. The third-order valence-electron chi connectivity index (χ3n) is 2.70. The van der Waals surface area contributed by atoms with Crippen LogP contribution in [0, 0.1) is 0 Å². The Labute approximate surface area is 94.8 Å². The van der Waals surface area contributed by atoms with Crippen molar-refractivity contribution in [2.75, 3.05) is 24.7 Å². The fourth-order valence-electron chi connectivity index (χ4n) is 1.73. The van der Waals surface area contributed by atoms with Gasteiger partial charge in [0.25, 0.3) is 0 Å². The summed E-state index contributed by atoms with van der Waals surface area (Å²) in [5, 5.41) is 7.96. The Morgan fingerprint density at radius 2 is 2.19 bits per heavy atom. The molecule has 1 fully saturated rings. The molecule has 2 heterocycles. The minimum absolute atomic E-state index is 0.125. The molecule has 1 unspecified atom stereocenters. The molecular weight excluding hydrogens is 208 g/mol.